The van der Waals surface area contributed by atoms with E-state index in [9.17, 15) is 19.8 Å². The van der Waals surface area contributed by atoms with Crippen LogP contribution in [0.1, 0.15) is 31.8 Å². The molecule has 0 bridgehead atoms. The van der Waals surface area contributed by atoms with E-state index < -0.39 is 11.9 Å². The predicted molar refractivity (Wildman–Crippen MR) is 98.2 cm³/mol. The van der Waals surface area contributed by atoms with Crippen LogP contribution in [0.25, 0.3) is 11.1 Å². The summed E-state index contributed by atoms with van der Waals surface area (Å²) < 4.78 is 0. The van der Waals surface area contributed by atoms with E-state index in [0.29, 0.717) is 5.56 Å². The molecular formula is C22H14O4. The second-order valence-corrected chi connectivity index (χ2v) is 5.53. The summed E-state index contributed by atoms with van der Waals surface area (Å²) >= 11 is 0. The number of benzene rings is 3. The molecule has 0 amide bonds. The van der Waals surface area contributed by atoms with E-state index in [4.69, 9.17) is 0 Å². The standard InChI is InChI=1S/C22H14O4/c23-21(24)19-7-4-8-20(22(25)26)18(19)14-11-15-9-12-17(13-10-15)16-5-2-1-3-6-16/h1-10,12-13H,(H,23,24)(H,25,26). The molecule has 4 heteroatoms. The van der Waals surface area contributed by atoms with Crippen molar-refractivity contribution in [2.75, 3.05) is 0 Å². The lowest BCUT2D eigenvalue weighted by molar-refractivity contribution is 0.0696. The fourth-order valence-electron chi connectivity index (χ4n) is 2.55. The van der Waals surface area contributed by atoms with E-state index in [1.165, 1.54) is 18.2 Å². The molecular weight excluding hydrogens is 328 g/mol. The van der Waals surface area contributed by atoms with Gasteiger partial charge in [0.05, 0.1) is 16.7 Å². The highest BCUT2D eigenvalue weighted by molar-refractivity contribution is 5.98. The van der Waals surface area contributed by atoms with Crippen LogP contribution in [0, 0.1) is 11.8 Å². The van der Waals surface area contributed by atoms with Gasteiger partial charge in [0, 0.05) is 5.56 Å². The minimum atomic E-state index is -1.21. The third-order valence-corrected chi connectivity index (χ3v) is 3.85. The zero-order chi connectivity index (χ0) is 18.5. The second-order valence-electron chi connectivity index (χ2n) is 5.53. The maximum atomic E-state index is 11.3. The van der Waals surface area contributed by atoms with Crippen molar-refractivity contribution in [2.24, 2.45) is 0 Å². The largest absolute Gasteiger partial charge is 0.478 e. The van der Waals surface area contributed by atoms with Gasteiger partial charge in [-0.25, -0.2) is 9.59 Å². The van der Waals surface area contributed by atoms with Gasteiger partial charge < -0.3 is 10.2 Å². The summed E-state index contributed by atoms with van der Waals surface area (Å²) in [6.07, 6.45) is 0. The molecule has 3 aromatic carbocycles. The lowest BCUT2D eigenvalue weighted by atomic mass is 10.0. The number of aromatic carboxylic acids is 2. The summed E-state index contributed by atoms with van der Waals surface area (Å²) in [6, 6.07) is 21.4. The Morgan fingerprint density at radius 3 is 1.69 bits per heavy atom. The van der Waals surface area contributed by atoms with Crippen molar-refractivity contribution in [1.29, 1.82) is 0 Å². The molecule has 126 valence electrons. The molecule has 0 saturated carbocycles. The number of carbonyl (C=O) groups is 2. The van der Waals surface area contributed by atoms with Crippen LogP contribution in [-0.2, 0) is 0 Å². The lowest BCUT2D eigenvalue weighted by Crippen LogP contribution is -2.07. The van der Waals surface area contributed by atoms with Crippen molar-refractivity contribution in [1.82, 2.24) is 0 Å². The van der Waals surface area contributed by atoms with Gasteiger partial charge in [-0.15, -0.1) is 0 Å². The molecule has 0 unspecified atom stereocenters. The zero-order valence-corrected chi connectivity index (χ0v) is 13.6. The van der Waals surface area contributed by atoms with E-state index in [0.717, 1.165) is 11.1 Å². The van der Waals surface area contributed by atoms with Gasteiger partial charge in [-0.3, -0.25) is 0 Å². The first-order valence-electron chi connectivity index (χ1n) is 7.83. The van der Waals surface area contributed by atoms with Gasteiger partial charge in [0.2, 0.25) is 0 Å². The first-order chi connectivity index (χ1) is 12.6. The second kappa shape index (κ2) is 7.37. The summed E-state index contributed by atoms with van der Waals surface area (Å²) in [4.78, 5) is 22.7. The van der Waals surface area contributed by atoms with Crippen LogP contribution >= 0.6 is 0 Å². The third kappa shape index (κ3) is 3.63. The third-order valence-electron chi connectivity index (χ3n) is 3.85. The zero-order valence-electron chi connectivity index (χ0n) is 13.6. The van der Waals surface area contributed by atoms with Gasteiger partial charge in [-0.1, -0.05) is 60.4 Å². The van der Waals surface area contributed by atoms with Crippen LogP contribution in [0.3, 0.4) is 0 Å². The average molecular weight is 342 g/mol. The molecule has 0 spiro atoms. The Kier molecular flexibility index (Phi) is 4.82. The fraction of sp³-hybridized carbons (Fsp3) is 0. The van der Waals surface area contributed by atoms with Crippen molar-refractivity contribution in [3.05, 3.63) is 95.1 Å². The molecule has 0 fully saturated rings. The molecule has 3 aromatic rings. The van der Waals surface area contributed by atoms with Gasteiger partial charge in [0.1, 0.15) is 0 Å². The highest BCUT2D eigenvalue weighted by Gasteiger charge is 2.16. The number of hydrogen-bond donors (Lipinski definition) is 2. The number of rotatable bonds is 3. The maximum absolute atomic E-state index is 11.3. The van der Waals surface area contributed by atoms with Crippen molar-refractivity contribution in [2.45, 2.75) is 0 Å². The molecule has 0 aliphatic rings. The van der Waals surface area contributed by atoms with Crippen LogP contribution < -0.4 is 0 Å². The highest BCUT2D eigenvalue weighted by Crippen LogP contribution is 2.19. The van der Waals surface area contributed by atoms with E-state index in [2.05, 4.69) is 11.8 Å². The van der Waals surface area contributed by atoms with Crippen molar-refractivity contribution in [3.63, 3.8) is 0 Å². The van der Waals surface area contributed by atoms with Crippen LogP contribution in [0.4, 0.5) is 0 Å². The molecule has 0 heterocycles. The van der Waals surface area contributed by atoms with Crippen LogP contribution in [0.5, 0.6) is 0 Å². The molecule has 0 aliphatic carbocycles. The SMILES string of the molecule is O=C(O)c1cccc(C(=O)O)c1C#Cc1ccc(-c2ccccc2)cc1. The first kappa shape index (κ1) is 17.0. The topological polar surface area (TPSA) is 74.6 Å². The summed E-state index contributed by atoms with van der Waals surface area (Å²) in [5.74, 6) is 3.14. The maximum Gasteiger partial charge on any atom is 0.336 e. The Morgan fingerprint density at radius 1 is 0.615 bits per heavy atom. The van der Waals surface area contributed by atoms with Crippen molar-refractivity contribution < 1.29 is 19.8 Å². The fourth-order valence-corrected chi connectivity index (χ4v) is 2.55. The minimum absolute atomic E-state index is 0.000337. The van der Waals surface area contributed by atoms with Crippen LogP contribution in [0.15, 0.2) is 72.8 Å². The van der Waals surface area contributed by atoms with E-state index >= 15 is 0 Å². The Balaban J connectivity index is 1.97. The Labute approximate surface area is 150 Å². The van der Waals surface area contributed by atoms with E-state index in [-0.39, 0.29) is 16.7 Å². The quantitative estimate of drug-likeness (QED) is 0.701. The summed E-state index contributed by atoms with van der Waals surface area (Å²) in [5, 5.41) is 18.5. The van der Waals surface area contributed by atoms with Gasteiger partial charge in [-0.2, -0.15) is 0 Å². The first-order valence-corrected chi connectivity index (χ1v) is 7.83. The monoisotopic (exact) mass is 342 g/mol. The summed E-state index contributed by atoms with van der Waals surface area (Å²) in [5.41, 5.74) is 2.53. The highest BCUT2D eigenvalue weighted by atomic mass is 16.4. The van der Waals surface area contributed by atoms with Crippen LogP contribution in [0.2, 0.25) is 0 Å². The van der Waals surface area contributed by atoms with Gasteiger partial charge in [-0.05, 0) is 35.4 Å². The van der Waals surface area contributed by atoms with Crippen molar-refractivity contribution >= 4 is 11.9 Å². The molecule has 26 heavy (non-hydrogen) atoms. The van der Waals surface area contributed by atoms with Crippen LogP contribution in [-0.4, -0.2) is 22.2 Å². The Morgan fingerprint density at radius 2 is 1.15 bits per heavy atom. The number of carboxylic acid groups (broad SMARTS) is 2. The molecule has 0 aromatic heterocycles. The Hall–Kier alpha value is -3.84. The average Bonchev–Trinajstić information content (AvgIpc) is 2.67. The number of carboxylic acids is 2. The minimum Gasteiger partial charge on any atom is -0.478 e. The van der Waals surface area contributed by atoms with E-state index in [1.807, 2.05) is 54.6 Å². The van der Waals surface area contributed by atoms with Gasteiger partial charge >= 0.3 is 11.9 Å². The molecule has 0 radical (unpaired) electrons. The molecule has 2 N–H and O–H groups in total. The predicted octanol–water partition coefficient (Wildman–Crippen LogP) is 4.15. The lowest BCUT2D eigenvalue weighted by Gasteiger charge is -2.03. The molecule has 4 nitrogen and oxygen atoms in total. The summed E-state index contributed by atoms with van der Waals surface area (Å²) in [7, 11) is 0. The molecule has 3 rings (SSSR count). The summed E-state index contributed by atoms with van der Waals surface area (Å²) in [6.45, 7) is 0. The molecule has 0 atom stereocenters. The molecule has 0 saturated heterocycles. The molecule has 0 aliphatic heterocycles. The Bertz CT molecular complexity index is 991. The van der Waals surface area contributed by atoms with Gasteiger partial charge in [0.15, 0.2) is 0 Å². The normalized spacial score (nSPS) is 9.85. The van der Waals surface area contributed by atoms with Crippen molar-refractivity contribution in [3.8, 4) is 23.0 Å². The smallest absolute Gasteiger partial charge is 0.336 e. The van der Waals surface area contributed by atoms with Gasteiger partial charge in [0.25, 0.3) is 0 Å². The van der Waals surface area contributed by atoms with E-state index in [1.54, 1.807) is 0 Å². The number of hydrogen-bond acceptors (Lipinski definition) is 2.